The molecule has 4 fully saturated rings. The topological polar surface area (TPSA) is 43.4 Å². The van der Waals surface area contributed by atoms with Crippen molar-refractivity contribution in [3.63, 3.8) is 0 Å². The maximum atomic E-state index is 13.1. The fourth-order valence-electron chi connectivity index (χ4n) is 9.75. The number of ketones is 1. The lowest BCUT2D eigenvalue weighted by Crippen LogP contribution is -2.59. The van der Waals surface area contributed by atoms with E-state index in [0.717, 1.165) is 51.4 Å². The van der Waals surface area contributed by atoms with E-state index < -0.39 is 0 Å². The van der Waals surface area contributed by atoms with E-state index in [9.17, 15) is 9.59 Å². The molecule has 0 spiro atoms. The van der Waals surface area contributed by atoms with E-state index in [1.165, 1.54) is 12.8 Å². The second kappa shape index (κ2) is 7.19. The van der Waals surface area contributed by atoms with E-state index in [1.54, 1.807) is 12.7 Å². The number of hydrogen-bond acceptors (Lipinski definition) is 3. The van der Waals surface area contributed by atoms with Gasteiger partial charge in [0.25, 0.3) is 0 Å². The van der Waals surface area contributed by atoms with Crippen LogP contribution in [0.4, 0.5) is 0 Å². The molecule has 0 aromatic heterocycles. The van der Waals surface area contributed by atoms with Gasteiger partial charge in [-0.1, -0.05) is 39.3 Å². The summed E-state index contributed by atoms with van der Waals surface area (Å²) >= 11 is 0. The third kappa shape index (κ3) is 2.83. The number of methoxy groups -OCH3 is 1. The largest absolute Gasteiger partial charge is 0.469 e. The zero-order valence-electron chi connectivity index (χ0n) is 20.3. The van der Waals surface area contributed by atoms with Crippen LogP contribution in [0.25, 0.3) is 0 Å². The highest BCUT2D eigenvalue weighted by Crippen LogP contribution is 2.70. The highest BCUT2D eigenvalue weighted by atomic mass is 16.5. The average Bonchev–Trinajstić information content (AvgIpc) is 2.75. The van der Waals surface area contributed by atoms with Gasteiger partial charge in [0.2, 0.25) is 0 Å². The molecular weight excluding hydrogens is 384 g/mol. The normalized spacial score (nSPS) is 51.5. The molecule has 5 rings (SSSR count). The monoisotopic (exact) mass is 426 g/mol. The average molecular weight is 427 g/mol. The predicted octanol–water partition coefficient (Wildman–Crippen LogP) is 6.36. The van der Waals surface area contributed by atoms with Crippen LogP contribution < -0.4 is 0 Å². The lowest BCUT2D eigenvalue weighted by atomic mass is 9.39. The number of ether oxygens (including phenoxy) is 1. The fourth-order valence-corrected chi connectivity index (χ4v) is 9.75. The summed E-state index contributed by atoms with van der Waals surface area (Å²) < 4.78 is 5.41. The lowest BCUT2D eigenvalue weighted by Gasteiger charge is -2.65. The van der Waals surface area contributed by atoms with Gasteiger partial charge in [-0.25, -0.2) is 0 Å². The van der Waals surface area contributed by atoms with Gasteiger partial charge in [0.1, 0.15) is 5.78 Å². The molecule has 0 aliphatic heterocycles. The summed E-state index contributed by atoms with van der Waals surface area (Å²) in [6.45, 7) is 9.67. The van der Waals surface area contributed by atoms with Crippen LogP contribution in [-0.4, -0.2) is 18.9 Å². The van der Waals surface area contributed by atoms with Crippen LogP contribution in [0, 0.1) is 51.8 Å². The van der Waals surface area contributed by atoms with Crippen LogP contribution in [0.5, 0.6) is 0 Å². The molecule has 172 valence electrons. The Labute approximate surface area is 188 Å². The van der Waals surface area contributed by atoms with Gasteiger partial charge < -0.3 is 4.74 Å². The minimum atomic E-state index is -0.278. The van der Waals surface area contributed by atoms with Gasteiger partial charge in [-0.3, -0.25) is 9.59 Å². The van der Waals surface area contributed by atoms with Crippen molar-refractivity contribution >= 4 is 11.8 Å². The minimum absolute atomic E-state index is 0.0475. The highest BCUT2D eigenvalue weighted by molar-refractivity contribution is 5.82. The molecule has 4 saturated carbocycles. The molecule has 9 atom stereocenters. The van der Waals surface area contributed by atoms with Crippen LogP contribution in [0.3, 0.4) is 0 Å². The molecule has 0 heterocycles. The summed E-state index contributed by atoms with van der Waals surface area (Å²) in [5.41, 5.74) is 1.92. The molecule has 31 heavy (non-hydrogen) atoms. The maximum absolute atomic E-state index is 13.1. The smallest absolute Gasteiger partial charge is 0.312 e. The maximum Gasteiger partial charge on any atom is 0.312 e. The Hall–Kier alpha value is -1.12. The highest BCUT2D eigenvalue weighted by Gasteiger charge is 2.63. The van der Waals surface area contributed by atoms with Crippen molar-refractivity contribution in [3.8, 4) is 0 Å². The molecule has 0 amide bonds. The van der Waals surface area contributed by atoms with E-state index in [1.807, 2.05) is 0 Å². The Morgan fingerprint density at radius 1 is 1.00 bits per heavy atom. The van der Waals surface area contributed by atoms with Crippen LogP contribution >= 0.6 is 0 Å². The quantitative estimate of drug-likeness (QED) is 0.362. The van der Waals surface area contributed by atoms with Crippen molar-refractivity contribution < 1.29 is 14.3 Å². The van der Waals surface area contributed by atoms with E-state index >= 15 is 0 Å². The Bertz CT molecular complexity index is 813. The molecule has 5 aliphatic rings. The molecule has 0 aromatic carbocycles. The van der Waals surface area contributed by atoms with Crippen molar-refractivity contribution in [2.24, 2.45) is 51.8 Å². The van der Waals surface area contributed by atoms with E-state index in [0.29, 0.717) is 40.8 Å². The number of esters is 1. The Morgan fingerprint density at radius 2 is 1.74 bits per heavy atom. The molecule has 3 heteroatoms. The molecule has 0 radical (unpaired) electrons. The van der Waals surface area contributed by atoms with Gasteiger partial charge >= 0.3 is 5.97 Å². The lowest BCUT2D eigenvalue weighted by molar-refractivity contribution is -0.168. The Morgan fingerprint density at radius 3 is 2.48 bits per heavy atom. The van der Waals surface area contributed by atoms with Gasteiger partial charge in [-0.05, 0) is 98.2 Å². The SMILES string of the molecule is COC(=O)C12CCC(C)CC1C1=CCC3[C@@](C)(CCC4[C@@H](C)C(=O)CC[C@@]43C)C1CC2. The van der Waals surface area contributed by atoms with Crippen LogP contribution in [-0.2, 0) is 14.3 Å². The zero-order valence-corrected chi connectivity index (χ0v) is 20.3. The van der Waals surface area contributed by atoms with E-state index in [-0.39, 0.29) is 22.7 Å². The number of carbonyl (C=O) groups excluding carboxylic acids is 2. The van der Waals surface area contributed by atoms with Gasteiger partial charge in [0.05, 0.1) is 12.5 Å². The second-order valence-electron chi connectivity index (χ2n) is 12.6. The van der Waals surface area contributed by atoms with Crippen molar-refractivity contribution in [1.29, 1.82) is 0 Å². The summed E-state index contributed by atoms with van der Waals surface area (Å²) in [6.07, 6.45) is 13.4. The minimum Gasteiger partial charge on any atom is -0.469 e. The first-order valence-electron chi connectivity index (χ1n) is 13.0. The van der Waals surface area contributed by atoms with Crippen molar-refractivity contribution in [1.82, 2.24) is 0 Å². The summed E-state index contributed by atoms with van der Waals surface area (Å²) in [5, 5.41) is 0. The summed E-state index contributed by atoms with van der Waals surface area (Å²) in [6, 6.07) is 0. The number of hydrogen-bond donors (Lipinski definition) is 0. The van der Waals surface area contributed by atoms with Crippen LogP contribution in [0.2, 0.25) is 0 Å². The Balaban J connectivity index is 1.53. The summed E-state index contributed by atoms with van der Waals surface area (Å²) in [7, 11) is 1.58. The molecular formula is C28H42O3. The number of rotatable bonds is 1. The van der Waals surface area contributed by atoms with Crippen molar-refractivity contribution in [2.45, 2.75) is 91.9 Å². The predicted molar refractivity (Wildman–Crippen MR) is 122 cm³/mol. The van der Waals surface area contributed by atoms with Crippen LogP contribution in [0.1, 0.15) is 91.9 Å². The van der Waals surface area contributed by atoms with Gasteiger partial charge in [-0.2, -0.15) is 0 Å². The number of carbonyl (C=O) groups is 2. The number of fused-ring (bicyclic) bond motifs is 7. The van der Waals surface area contributed by atoms with Crippen LogP contribution in [0.15, 0.2) is 11.6 Å². The second-order valence-corrected chi connectivity index (χ2v) is 12.6. The fraction of sp³-hybridized carbons (Fsp3) is 0.857. The first-order valence-corrected chi connectivity index (χ1v) is 13.0. The molecule has 0 aromatic rings. The van der Waals surface area contributed by atoms with Crippen molar-refractivity contribution in [3.05, 3.63) is 11.6 Å². The van der Waals surface area contributed by atoms with Crippen molar-refractivity contribution in [2.75, 3.05) is 7.11 Å². The molecule has 0 N–H and O–H groups in total. The first-order chi connectivity index (χ1) is 14.7. The molecule has 3 nitrogen and oxygen atoms in total. The summed E-state index contributed by atoms with van der Waals surface area (Å²) in [4.78, 5) is 25.6. The Kier molecular flexibility index (Phi) is 5.03. The standard InChI is InChI=1S/C28H42O3/c1-17-8-14-28(25(30)31-5)15-10-21-19(22(28)16-17)6-7-24-26(3)13-11-23(29)18(2)20(26)9-12-27(21,24)4/h6,17-18,20-22,24H,7-16H2,1-5H3/t17?,18-,20?,21?,22?,24?,26+,27+,28?/m1/s1. The number of Topliss-reactive ketones (excluding diaryl/α,β-unsaturated/α-hetero) is 1. The molecule has 6 unspecified atom stereocenters. The van der Waals surface area contributed by atoms with Gasteiger partial charge in [0.15, 0.2) is 0 Å². The first kappa shape index (κ1) is 21.7. The van der Waals surface area contributed by atoms with Gasteiger partial charge in [0, 0.05) is 12.3 Å². The van der Waals surface area contributed by atoms with E-state index in [2.05, 4.69) is 33.8 Å². The third-order valence-electron chi connectivity index (χ3n) is 11.5. The van der Waals surface area contributed by atoms with Gasteiger partial charge in [-0.15, -0.1) is 0 Å². The number of allylic oxidation sites excluding steroid dienone is 2. The third-order valence-corrected chi connectivity index (χ3v) is 11.5. The molecule has 5 aliphatic carbocycles. The van der Waals surface area contributed by atoms with E-state index in [4.69, 9.17) is 4.74 Å². The zero-order chi connectivity index (χ0) is 22.2. The molecule has 0 bridgehead atoms. The summed E-state index contributed by atoms with van der Waals surface area (Å²) in [5.74, 6) is 3.64. The molecule has 0 saturated heterocycles.